The minimum Gasteiger partial charge on any atom is -0.343 e. The Hall–Kier alpha value is -0.570. The van der Waals surface area contributed by atoms with E-state index in [1.165, 1.54) is 12.8 Å². The summed E-state index contributed by atoms with van der Waals surface area (Å²) in [5, 5.41) is 3.45. The minimum atomic E-state index is 0.0842. The molecule has 0 aliphatic heterocycles. The number of unbranched alkanes of at least 4 members (excludes halogenated alkanes) is 2. The lowest BCUT2D eigenvalue weighted by atomic mass is 9.91. The Balaban J connectivity index is 4.04. The van der Waals surface area contributed by atoms with Crippen LogP contribution in [0.4, 0.5) is 0 Å². The van der Waals surface area contributed by atoms with E-state index in [0.29, 0.717) is 12.3 Å². The van der Waals surface area contributed by atoms with Crippen LogP contribution in [0.1, 0.15) is 73.1 Å². The number of hydrogen-bond acceptors (Lipinski definition) is 2. The van der Waals surface area contributed by atoms with Crippen molar-refractivity contribution in [1.82, 2.24) is 10.2 Å². The van der Waals surface area contributed by atoms with Crippen molar-refractivity contribution in [3.05, 3.63) is 0 Å². The van der Waals surface area contributed by atoms with Crippen LogP contribution in [0.2, 0.25) is 0 Å². The predicted octanol–water partition coefficient (Wildman–Crippen LogP) is 3.83. The molecule has 0 bridgehead atoms. The third-order valence-electron chi connectivity index (χ3n) is 3.30. The number of amides is 1. The van der Waals surface area contributed by atoms with Crippen molar-refractivity contribution < 1.29 is 4.79 Å². The number of carbonyl (C=O) groups is 1. The van der Waals surface area contributed by atoms with E-state index in [0.717, 1.165) is 45.4 Å². The van der Waals surface area contributed by atoms with Gasteiger partial charge in [-0.15, -0.1) is 0 Å². The fourth-order valence-electron chi connectivity index (χ4n) is 2.10. The summed E-state index contributed by atoms with van der Waals surface area (Å²) >= 11 is 0. The zero-order valence-electron chi connectivity index (χ0n) is 14.4. The number of hydrogen-bond donors (Lipinski definition) is 1. The third kappa shape index (κ3) is 11.3. The Morgan fingerprint density at radius 1 is 0.950 bits per heavy atom. The Kier molecular flexibility index (Phi) is 10.8. The highest BCUT2D eigenvalue weighted by Crippen LogP contribution is 2.20. The van der Waals surface area contributed by atoms with Crippen LogP contribution in [0.5, 0.6) is 0 Å². The fourth-order valence-corrected chi connectivity index (χ4v) is 2.10. The van der Waals surface area contributed by atoms with Gasteiger partial charge in [0, 0.05) is 19.5 Å². The average molecular weight is 284 g/mol. The van der Waals surface area contributed by atoms with Gasteiger partial charge >= 0.3 is 0 Å². The molecule has 20 heavy (non-hydrogen) atoms. The summed E-state index contributed by atoms with van der Waals surface area (Å²) in [5.74, 6) is 0.319. The van der Waals surface area contributed by atoms with Crippen molar-refractivity contribution in [3.8, 4) is 0 Å². The Morgan fingerprint density at radius 3 is 2.05 bits per heavy atom. The highest BCUT2D eigenvalue weighted by molar-refractivity contribution is 5.76. The molecule has 3 heteroatoms. The molecule has 0 spiro atoms. The van der Waals surface area contributed by atoms with E-state index in [-0.39, 0.29) is 5.41 Å². The van der Waals surface area contributed by atoms with Crippen molar-refractivity contribution in [1.29, 1.82) is 0 Å². The molecule has 0 aliphatic rings. The molecule has 0 aliphatic carbocycles. The predicted molar refractivity (Wildman–Crippen MR) is 88.0 cm³/mol. The second-order valence-corrected chi connectivity index (χ2v) is 6.93. The van der Waals surface area contributed by atoms with Gasteiger partial charge in [-0.3, -0.25) is 4.79 Å². The van der Waals surface area contributed by atoms with Gasteiger partial charge in [0.25, 0.3) is 0 Å². The van der Waals surface area contributed by atoms with Gasteiger partial charge in [-0.1, -0.05) is 47.5 Å². The average Bonchev–Trinajstić information content (AvgIpc) is 2.34. The molecule has 0 aromatic rings. The lowest BCUT2D eigenvalue weighted by Crippen LogP contribution is -2.36. The molecular weight excluding hydrogens is 248 g/mol. The van der Waals surface area contributed by atoms with Gasteiger partial charge in [-0.25, -0.2) is 0 Å². The van der Waals surface area contributed by atoms with Gasteiger partial charge in [0.1, 0.15) is 0 Å². The molecule has 1 amide bonds. The van der Waals surface area contributed by atoms with Crippen molar-refractivity contribution in [2.45, 2.75) is 73.1 Å². The maximum atomic E-state index is 12.3. The first-order chi connectivity index (χ1) is 9.40. The lowest BCUT2D eigenvalue weighted by molar-refractivity contribution is -0.133. The van der Waals surface area contributed by atoms with Gasteiger partial charge in [0.15, 0.2) is 0 Å². The maximum absolute atomic E-state index is 12.3. The monoisotopic (exact) mass is 284 g/mol. The molecule has 3 nitrogen and oxygen atoms in total. The number of carbonyl (C=O) groups excluding carboxylic acids is 1. The number of nitrogens with one attached hydrogen (secondary N) is 1. The molecular formula is C17H36N2O. The molecule has 0 saturated carbocycles. The third-order valence-corrected chi connectivity index (χ3v) is 3.30. The fraction of sp³-hybridized carbons (Fsp3) is 0.941. The van der Waals surface area contributed by atoms with Crippen LogP contribution in [0, 0.1) is 5.41 Å². The molecule has 0 saturated heterocycles. The first-order valence-corrected chi connectivity index (χ1v) is 8.39. The topological polar surface area (TPSA) is 32.3 Å². The largest absolute Gasteiger partial charge is 0.343 e. The van der Waals surface area contributed by atoms with Crippen molar-refractivity contribution in [3.63, 3.8) is 0 Å². The van der Waals surface area contributed by atoms with Gasteiger partial charge < -0.3 is 10.2 Å². The molecule has 0 unspecified atom stereocenters. The van der Waals surface area contributed by atoms with Crippen LogP contribution >= 0.6 is 0 Å². The highest BCUT2D eigenvalue weighted by Gasteiger charge is 2.20. The van der Waals surface area contributed by atoms with Crippen LogP contribution in [0.15, 0.2) is 0 Å². The summed E-state index contributed by atoms with van der Waals surface area (Å²) in [6.07, 6.45) is 6.44. The maximum Gasteiger partial charge on any atom is 0.223 e. The lowest BCUT2D eigenvalue weighted by Gasteiger charge is -2.27. The van der Waals surface area contributed by atoms with Gasteiger partial charge in [-0.05, 0) is 37.8 Å². The second kappa shape index (κ2) is 11.1. The zero-order valence-corrected chi connectivity index (χ0v) is 14.4. The van der Waals surface area contributed by atoms with E-state index in [9.17, 15) is 4.79 Å². The Labute approximate surface area is 126 Å². The molecule has 1 N–H and O–H groups in total. The summed E-state index contributed by atoms with van der Waals surface area (Å²) in [5.41, 5.74) is 0.0842. The standard InChI is InChI=1S/C17H36N2O/c1-6-8-11-18-12-10-14-19(13-9-7-2)16(20)15-17(3,4)5/h18H,6-15H2,1-5H3. The normalized spacial score (nSPS) is 11.7. The van der Waals surface area contributed by atoms with Gasteiger partial charge in [-0.2, -0.15) is 0 Å². The summed E-state index contributed by atoms with van der Waals surface area (Å²) < 4.78 is 0. The van der Waals surface area contributed by atoms with E-state index in [1.54, 1.807) is 0 Å². The van der Waals surface area contributed by atoms with Crippen LogP contribution in [-0.2, 0) is 4.79 Å². The van der Waals surface area contributed by atoms with E-state index in [4.69, 9.17) is 0 Å². The van der Waals surface area contributed by atoms with Crippen LogP contribution in [-0.4, -0.2) is 37.0 Å². The Bertz CT molecular complexity index is 246. The van der Waals surface area contributed by atoms with Crippen LogP contribution < -0.4 is 5.32 Å². The second-order valence-electron chi connectivity index (χ2n) is 6.93. The van der Waals surface area contributed by atoms with Crippen molar-refractivity contribution in [2.75, 3.05) is 26.2 Å². The van der Waals surface area contributed by atoms with Crippen molar-refractivity contribution in [2.24, 2.45) is 5.41 Å². The molecule has 0 fully saturated rings. The van der Waals surface area contributed by atoms with Crippen LogP contribution in [0.25, 0.3) is 0 Å². The molecule has 120 valence electrons. The summed E-state index contributed by atoms with van der Waals surface area (Å²) in [6.45, 7) is 14.7. The van der Waals surface area contributed by atoms with Crippen LogP contribution in [0.3, 0.4) is 0 Å². The molecule has 0 aromatic carbocycles. The summed E-state index contributed by atoms with van der Waals surface area (Å²) in [4.78, 5) is 14.4. The smallest absolute Gasteiger partial charge is 0.223 e. The molecule has 0 radical (unpaired) electrons. The highest BCUT2D eigenvalue weighted by atomic mass is 16.2. The zero-order chi connectivity index (χ0) is 15.4. The van der Waals surface area contributed by atoms with Gasteiger partial charge in [0.05, 0.1) is 0 Å². The molecule has 0 heterocycles. The molecule has 0 atom stereocenters. The summed E-state index contributed by atoms with van der Waals surface area (Å²) in [7, 11) is 0. The molecule has 0 aromatic heterocycles. The summed E-state index contributed by atoms with van der Waals surface area (Å²) in [6, 6.07) is 0. The van der Waals surface area contributed by atoms with Gasteiger partial charge in [0.2, 0.25) is 5.91 Å². The molecule has 0 rings (SSSR count). The minimum absolute atomic E-state index is 0.0842. The van der Waals surface area contributed by atoms with E-state index < -0.39 is 0 Å². The number of nitrogens with zero attached hydrogens (tertiary/aromatic N) is 1. The number of rotatable bonds is 11. The first-order valence-electron chi connectivity index (χ1n) is 8.39. The van der Waals surface area contributed by atoms with E-state index in [1.807, 2.05) is 0 Å². The SMILES string of the molecule is CCCCNCCCN(CCCC)C(=O)CC(C)(C)C. The quantitative estimate of drug-likeness (QED) is 0.585. The van der Waals surface area contributed by atoms with E-state index >= 15 is 0 Å². The van der Waals surface area contributed by atoms with E-state index in [2.05, 4.69) is 44.8 Å². The first kappa shape index (κ1) is 19.4. The van der Waals surface area contributed by atoms with Crippen molar-refractivity contribution >= 4 is 5.91 Å². The Morgan fingerprint density at radius 2 is 1.50 bits per heavy atom.